The molecule has 198 valence electrons. The molecule has 0 unspecified atom stereocenters. The van der Waals surface area contributed by atoms with Gasteiger partial charge in [-0.05, 0) is 71.8 Å². The van der Waals surface area contributed by atoms with Gasteiger partial charge in [0.2, 0.25) is 0 Å². The molecular weight excluding hydrogens is 514 g/mol. The fourth-order valence-electron chi connectivity index (χ4n) is 3.04. The van der Waals surface area contributed by atoms with Gasteiger partial charge in [-0.2, -0.15) is 26.3 Å². The van der Waals surface area contributed by atoms with Crippen LogP contribution in [0.25, 0.3) is 12.2 Å². The van der Waals surface area contributed by atoms with E-state index < -0.39 is 35.5 Å². The molecule has 0 saturated carbocycles. The third-order valence-corrected chi connectivity index (χ3v) is 4.81. The third-order valence-electron chi connectivity index (χ3n) is 4.81. The first-order chi connectivity index (χ1) is 17.9. The first-order valence-corrected chi connectivity index (χ1v) is 10.8. The first kappa shape index (κ1) is 27.8. The van der Waals surface area contributed by atoms with Crippen molar-refractivity contribution in [3.05, 3.63) is 107 Å². The van der Waals surface area contributed by atoms with Crippen molar-refractivity contribution in [2.24, 2.45) is 0 Å². The molecule has 4 N–H and O–H groups in total. The zero-order valence-corrected chi connectivity index (χ0v) is 19.3. The summed E-state index contributed by atoms with van der Waals surface area (Å²) in [6.07, 6.45) is -3.95. The highest BCUT2D eigenvalue weighted by molar-refractivity contribution is 5.92. The molecule has 0 bridgehead atoms. The number of hydrogen-bond donors (Lipinski definition) is 4. The van der Waals surface area contributed by atoms with Gasteiger partial charge in [-0.25, -0.2) is 9.59 Å². The van der Waals surface area contributed by atoms with E-state index in [9.17, 15) is 35.9 Å². The van der Waals surface area contributed by atoms with Crippen LogP contribution in [0.15, 0.2) is 85.2 Å². The van der Waals surface area contributed by atoms with E-state index in [1.807, 2.05) is 0 Å². The van der Waals surface area contributed by atoms with E-state index >= 15 is 0 Å². The average molecular weight is 534 g/mol. The Balaban J connectivity index is 1.46. The Hall–Kier alpha value is -4.74. The van der Waals surface area contributed by atoms with E-state index in [-0.39, 0.29) is 11.1 Å². The van der Waals surface area contributed by atoms with E-state index in [1.165, 1.54) is 73.1 Å². The quantitative estimate of drug-likeness (QED) is 0.250. The molecule has 0 aromatic heterocycles. The van der Waals surface area contributed by atoms with E-state index in [0.717, 1.165) is 24.3 Å². The molecule has 0 atom stereocenters. The summed E-state index contributed by atoms with van der Waals surface area (Å²) in [6, 6.07) is 13.9. The second-order valence-corrected chi connectivity index (χ2v) is 7.69. The Bertz CT molecular complexity index is 1230. The highest BCUT2D eigenvalue weighted by Gasteiger charge is 2.30. The molecule has 3 rings (SSSR count). The zero-order chi connectivity index (χ0) is 27.8. The molecule has 0 aliphatic heterocycles. The number of carbonyl (C=O) groups is 2. The Labute approximate surface area is 213 Å². The molecule has 0 radical (unpaired) electrons. The van der Waals surface area contributed by atoms with Crippen LogP contribution in [0.1, 0.15) is 22.3 Å². The fraction of sp³-hybridized carbons (Fsp3) is 0.0769. The smallest absolute Gasteiger partial charge is 0.314 e. The van der Waals surface area contributed by atoms with Gasteiger partial charge in [-0.15, -0.1) is 0 Å². The van der Waals surface area contributed by atoms with Gasteiger partial charge < -0.3 is 21.3 Å². The van der Waals surface area contributed by atoms with Crippen molar-refractivity contribution in [3.8, 4) is 0 Å². The number of benzene rings is 3. The number of alkyl halides is 6. The van der Waals surface area contributed by atoms with Crippen molar-refractivity contribution in [1.29, 1.82) is 0 Å². The van der Waals surface area contributed by atoms with Crippen LogP contribution in [0.2, 0.25) is 0 Å². The predicted octanol–water partition coefficient (Wildman–Crippen LogP) is 7.31. The van der Waals surface area contributed by atoms with Gasteiger partial charge in [0.15, 0.2) is 0 Å². The molecule has 0 fully saturated rings. The van der Waals surface area contributed by atoms with Crippen molar-refractivity contribution in [2.75, 3.05) is 10.6 Å². The molecule has 0 spiro atoms. The normalized spacial score (nSPS) is 11.9. The number of hydrogen-bond acceptors (Lipinski definition) is 2. The molecule has 12 heteroatoms. The van der Waals surface area contributed by atoms with Gasteiger partial charge >= 0.3 is 24.4 Å². The largest absolute Gasteiger partial charge is 0.416 e. The number of amides is 4. The summed E-state index contributed by atoms with van der Waals surface area (Å²) in [5.41, 5.74) is -0.385. The summed E-state index contributed by atoms with van der Waals surface area (Å²) in [7, 11) is 0. The number of nitrogens with one attached hydrogen (secondary N) is 4. The topological polar surface area (TPSA) is 82.3 Å². The highest BCUT2D eigenvalue weighted by Crippen LogP contribution is 2.30. The van der Waals surface area contributed by atoms with Gasteiger partial charge in [0, 0.05) is 23.8 Å². The maximum Gasteiger partial charge on any atom is 0.416 e. The maximum atomic E-state index is 12.8. The van der Waals surface area contributed by atoms with E-state index in [2.05, 4.69) is 21.3 Å². The summed E-state index contributed by atoms with van der Waals surface area (Å²) < 4.78 is 76.5. The molecular formula is C26H20F6N4O2. The van der Waals surface area contributed by atoms with Crippen LogP contribution in [0.3, 0.4) is 0 Å². The van der Waals surface area contributed by atoms with Gasteiger partial charge in [-0.3, -0.25) is 0 Å². The highest BCUT2D eigenvalue weighted by atomic mass is 19.4. The number of anilines is 2. The molecule has 3 aromatic rings. The summed E-state index contributed by atoms with van der Waals surface area (Å²) in [5, 5.41) is 9.76. The molecule has 3 aromatic carbocycles. The van der Waals surface area contributed by atoms with Crippen molar-refractivity contribution in [2.45, 2.75) is 12.4 Å². The molecule has 38 heavy (non-hydrogen) atoms. The second-order valence-electron chi connectivity index (χ2n) is 7.69. The lowest BCUT2D eigenvalue weighted by atomic mass is 10.1. The lowest BCUT2D eigenvalue weighted by molar-refractivity contribution is -0.138. The zero-order valence-electron chi connectivity index (χ0n) is 19.3. The van der Waals surface area contributed by atoms with Crippen LogP contribution in [-0.4, -0.2) is 12.1 Å². The van der Waals surface area contributed by atoms with Gasteiger partial charge in [0.1, 0.15) is 0 Å². The van der Waals surface area contributed by atoms with Gasteiger partial charge in [0.05, 0.1) is 11.1 Å². The Morgan fingerprint density at radius 1 is 0.579 bits per heavy atom. The van der Waals surface area contributed by atoms with Crippen LogP contribution in [0, 0.1) is 0 Å². The third kappa shape index (κ3) is 8.73. The van der Waals surface area contributed by atoms with Crippen molar-refractivity contribution < 1.29 is 35.9 Å². The van der Waals surface area contributed by atoms with Gasteiger partial charge in [0.25, 0.3) is 0 Å². The second kappa shape index (κ2) is 12.0. The fourth-order valence-corrected chi connectivity index (χ4v) is 3.04. The molecule has 0 aliphatic rings. The van der Waals surface area contributed by atoms with Crippen LogP contribution < -0.4 is 21.3 Å². The van der Waals surface area contributed by atoms with Gasteiger partial charge in [-0.1, -0.05) is 24.3 Å². The molecule has 0 heterocycles. The maximum absolute atomic E-state index is 12.8. The van der Waals surface area contributed by atoms with E-state index in [4.69, 9.17) is 0 Å². The number of urea groups is 2. The van der Waals surface area contributed by atoms with Crippen LogP contribution in [0.4, 0.5) is 47.3 Å². The molecule has 4 amide bonds. The first-order valence-electron chi connectivity index (χ1n) is 10.8. The van der Waals surface area contributed by atoms with Crippen molar-refractivity contribution in [1.82, 2.24) is 10.6 Å². The van der Waals surface area contributed by atoms with Crippen LogP contribution >= 0.6 is 0 Å². The Morgan fingerprint density at radius 3 is 1.29 bits per heavy atom. The van der Waals surface area contributed by atoms with Crippen LogP contribution in [0.5, 0.6) is 0 Å². The summed E-state index contributed by atoms with van der Waals surface area (Å²) >= 11 is 0. The lowest BCUT2D eigenvalue weighted by Gasteiger charge is -2.08. The van der Waals surface area contributed by atoms with Crippen LogP contribution in [-0.2, 0) is 12.4 Å². The van der Waals surface area contributed by atoms with E-state index in [0.29, 0.717) is 11.4 Å². The molecule has 0 saturated heterocycles. The minimum Gasteiger partial charge on any atom is -0.314 e. The summed E-state index contributed by atoms with van der Waals surface area (Å²) in [4.78, 5) is 24.0. The Morgan fingerprint density at radius 2 is 0.947 bits per heavy atom. The van der Waals surface area contributed by atoms with Crippen molar-refractivity contribution in [3.63, 3.8) is 0 Å². The predicted molar refractivity (Wildman–Crippen MR) is 132 cm³/mol. The number of halogens is 6. The average Bonchev–Trinajstić information content (AvgIpc) is 2.85. The van der Waals surface area contributed by atoms with E-state index in [1.54, 1.807) is 0 Å². The minimum atomic E-state index is -4.47. The SMILES string of the molecule is O=C(N/C=C/c1cccc(C(F)(F)F)c1)Nc1ccc(NC(=O)N/C=C/c2cccc(C(F)(F)F)c2)cc1. The minimum absolute atomic E-state index is 0.249. The number of rotatable bonds is 6. The summed E-state index contributed by atoms with van der Waals surface area (Å²) in [6.45, 7) is 0. The Kier molecular flexibility index (Phi) is 8.79. The molecule has 6 nitrogen and oxygen atoms in total. The molecule has 0 aliphatic carbocycles. The van der Waals surface area contributed by atoms with Crippen molar-refractivity contribution >= 4 is 35.6 Å². The standard InChI is InChI=1S/C26H20F6N4O2/c27-25(28,29)19-5-1-3-17(15-19)11-13-33-23(37)35-21-7-9-22(10-8-21)36-24(38)34-14-12-18-4-2-6-20(16-18)26(30,31)32/h1-16H,(H2,33,35,37)(H2,34,36,38)/b13-11+,14-12+. The number of carbonyl (C=O) groups excluding carboxylic acids is 2. The summed E-state index contributed by atoms with van der Waals surface area (Å²) in [5.74, 6) is 0. The monoisotopic (exact) mass is 534 g/mol. The lowest BCUT2D eigenvalue weighted by Crippen LogP contribution is -2.24.